The van der Waals surface area contributed by atoms with Crippen molar-refractivity contribution in [2.24, 2.45) is 0 Å². The number of benzene rings is 1. The molecule has 1 saturated heterocycles. The number of urea groups is 1. The molecule has 8 heteroatoms. The molecule has 2 N–H and O–H groups in total. The van der Waals surface area contributed by atoms with Gasteiger partial charge in [0.2, 0.25) is 0 Å². The largest absolute Gasteiger partial charge is 0.343 e. The van der Waals surface area contributed by atoms with Crippen LogP contribution in [0, 0.1) is 11.6 Å². The molecule has 0 spiro atoms. The third kappa shape index (κ3) is 3.58. The molecule has 1 fully saturated rings. The first-order chi connectivity index (χ1) is 11.1. The zero-order valence-corrected chi connectivity index (χ0v) is 13.1. The molecule has 23 heavy (non-hydrogen) atoms. The lowest BCUT2D eigenvalue weighted by Crippen LogP contribution is -2.41. The van der Waals surface area contributed by atoms with Gasteiger partial charge in [0.05, 0.1) is 0 Å². The lowest BCUT2D eigenvalue weighted by atomic mass is 10.2. The van der Waals surface area contributed by atoms with Crippen molar-refractivity contribution >= 4 is 28.2 Å². The highest BCUT2D eigenvalue weighted by molar-refractivity contribution is 7.13. The van der Waals surface area contributed by atoms with Gasteiger partial charge in [0.1, 0.15) is 17.3 Å². The maximum absolute atomic E-state index is 13.5. The average molecular weight is 338 g/mol. The molecule has 0 radical (unpaired) electrons. The number of nitrogens with zero attached hydrogens (tertiary/aromatic N) is 2. The summed E-state index contributed by atoms with van der Waals surface area (Å²) in [6.45, 7) is 1.28. The van der Waals surface area contributed by atoms with Gasteiger partial charge in [0, 0.05) is 30.7 Å². The monoisotopic (exact) mass is 338 g/mol. The molecule has 1 atom stereocenters. The van der Waals surface area contributed by atoms with Crippen molar-refractivity contribution in [3.8, 4) is 0 Å². The van der Waals surface area contributed by atoms with E-state index >= 15 is 0 Å². The molecule has 0 saturated carbocycles. The Labute approximate surface area is 136 Å². The maximum Gasteiger partial charge on any atom is 0.319 e. The van der Waals surface area contributed by atoms with Crippen LogP contribution in [0.2, 0.25) is 0 Å². The van der Waals surface area contributed by atoms with Crippen molar-refractivity contribution < 1.29 is 13.6 Å². The summed E-state index contributed by atoms with van der Waals surface area (Å²) < 4.78 is 27.0. The standard InChI is InChI=1S/C15H16F2N4OS/c16-11-4-1-5-12(17)13(11)20-14(22)19-9-10-3-2-7-21(10)15-18-6-8-23-15/h1,4-6,8,10H,2-3,7,9H2,(H2,19,20,22). The molecular weight excluding hydrogens is 322 g/mol. The van der Waals surface area contributed by atoms with E-state index in [1.165, 1.54) is 6.07 Å². The van der Waals surface area contributed by atoms with E-state index in [1.54, 1.807) is 17.5 Å². The van der Waals surface area contributed by atoms with Crippen LogP contribution in [0.1, 0.15) is 12.8 Å². The van der Waals surface area contributed by atoms with Gasteiger partial charge in [-0.2, -0.15) is 0 Å². The predicted octanol–water partition coefficient (Wildman–Crippen LogP) is 3.21. The number of hydrogen-bond donors (Lipinski definition) is 2. The van der Waals surface area contributed by atoms with E-state index in [1.807, 2.05) is 5.38 Å². The summed E-state index contributed by atoms with van der Waals surface area (Å²) in [6.07, 6.45) is 3.71. The first-order valence-electron chi connectivity index (χ1n) is 7.30. The molecule has 3 rings (SSSR count). The summed E-state index contributed by atoms with van der Waals surface area (Å²) in [5.74, 6) is -1.60. The zero-order valence-electron chi connectivity index (χ0n) is 12.3. The third-order valence-electron chi connectivity index (χ3n) is 3.74. The van der Waals surface area contributed by atoms with Gasteiger partial charge in [-0.3, -0.25) is 0 Å². The lowest BCUT2D eigenvalue weighted by molar-refractivity contribution is 0.251. The number of carbonyl (C=O) groups excluding carboxylic acids is 1. The predicted molar refractivity (Wildman–Crippen MR) is 85.9 cm³/mol. The van der Waals surface area contributed by atoms with E-state index in [0.29, 0.717) is 6.54 Å². The van der Waals surface area contributed by atoms with Gasteiger partial charge in [-0.15, -0.1) is 11.3 Å². The Kier molecular flexibility index (Phi) is 4.71. The van der Waals surface area contributed by atoms with Crippen molar-refractivity contribution in [2.75, 3.05) is 23.3 Å². The first-order valence-corrected chi connectivity index (χ1v) is 8.18. The number of rotatable bonds is 4. The summed E-state index contributed by atoms with van der Waals surface area (Å²) >= 11 is 1.55. The van der Waals surface area contributed by atoms with Crippen molar-refractivity contribution in [2.45, 2.75) is 18.9 Å². The van der Waals surface area contributed by atoms with Crippen LogP contribution >= 0.6 is 11.3 Å². The van der Waals surface area contributed by atoms with Crippen LogP contribution in [0.5, 0.6) is 0 Å². The number of halogens is 2. The molecule has 0 aliphatic carbocycles. The second kappa shape index (κ2) is 6.91. The van der Waals surface area contributed by atoms with E-state index in [-0.39, 0.29) is 6.04 Å². The van der Waals surface area contributed by atoms with Crippen molar-refractivity contribution in [3.05, 3.63) is 41.4 Å². The van der Waals surface area contributed by atoms with Crippen LogP contribution in [-0.4, -0.2) is 30.1 Å². The lowest BCUT2D eigenvalue weighted by Gasteiger charge is -2.24. The molecule has 0 bridgehead atoms. The molecule has 122 valence electrons. The van der Waals surface area contributed by atoms with Gasteiger partial charge in [0.15, 0.2) is 5.13 Å². The smallest absolute Gasteiger partial charge is 0.319 e. The van der Waals surface area contributed by atoms with Gasteiger partial charge in [0.25, 0.3) is 0 Å². The normalized spacial score (nSPS) is 17.3. The van der Waals surface area contributed by atoms with Gasteiger partial charge in [-0.25, -0.2) is 18.6 Å². The fourth-order valence-corrected chi connectivity index (χ4v) is 3.38. The fourth-order valence-electron chi connectivity index (χ4n) is 2.64. The van der Waals surface area contributed by atoms with Gasteiger partial charge in [-0.05, 0) is 25.0 Å². The zero-order chi connectivity index (χ0) is 16.2. The second-order valence-corrected chi connectivity index (χ2v) is 6.11. The summed E-state index contributed by atoms with van der Waals surface area (Å²) in [5, 5.41) is 7.73. The Bertz CT molecular complexity index is 660. The molecule has 1 unspecified atom stereocenters. The maximum atomic E-state index is 13.5. The molecule has 2 aromatic rings. The van der Waals surface area contributed by atoms with Crippen molar-refractivity contribution in [1.82, 2.24) is 10.3 Å². The van der Waals surface area contributed by atoms with Crippen LogP contribution in [0.25, 0.3) is 0 Å². The van der Waals surface area contributed by atoms with Crippen LogP contribution in [0.3, 0.4) is 0 Å². The molecule has 1 aromatic carbocycles. The highest BCUT2D eigenvalue weighted by Gasteiger charge is 2.26. The quantitative estimate of drug-likeness (QED) is 0.900. The molecule has 2 heterocycles. The first kappa shape index (κ1) is 15.7. The minimum atomic E-state index is -0.801. The van der Waals surface area contributed by atoms with Crippen LogP contribution in [0.15, 0.2) is 29.8 Å². The number of hydrogen-bond acceptors (Lipinski definition) is 4. The molecule has 1 aliphatic heterocycles. The topological polar surface area (TPSA) is 57.3 Å². The van der Waals surface area contributed by atoms with Crippen LogP contribution in [-0.2, 0) is 0 Å². The third-order valence-corrected chi connectivity index (χ3v) is 4.55. The number of para-hydroxylation sites is 1. The van der Waals surface area contributed by atoms with Crippen molar-refractivity contribution in [3.63, 3.8) is 0 Å². The summed E-state index contributed by atoms with van der Waals surface area (Å²) in [7, 11) is 0. The second-order valence-electron chi connectivity index (χ2n) is 5.24. The average Bonchev–Trinajstić information content (AvgIpc) is 3.19. The van der Waals surface area contributed by atoms with E-state index in [2.05, 4.69) is 20.5 Å². The Hall–Kier alpha value is -2.22. The SMILES string of the molecule is O=C(NCC1CCCN1c1nccs1)Nc1c(F)cccc1F. The number of aromatic nitrogens is 1. The molecular formula is C15H16F2N4OS. The Balaban J connectivity index is 1.57. The fraction of sp³-hybridized carbons (Fsp3) is 0.333. The minimum absolute atomic E-state index is 0.136. The van der Waals surface area contributed by atoms with E-state index in [0.717, 1.165) is 36.7 Å². The summed E-state index contributed by atoms with van der Waals surface area (Å²) in [6, 6.07) is 2.95. The Morgan fingerprint density at radius 1 is 1.39 bits per heavy atom. The molecule has 1 aliphatic rings. The highest BCUT2D eigenvalue weighted by atomic mass is 32.1. The van der Waals surface area contributed by atoms with E-state index in [9.17, 15) is 13.6 Å². The van der Waals surface area contributed by atoms with Gasteiger partial charge >= 0.3 is 6.03 Å². The van der Waals surface area contributed by atoms with Crippen LogP contribution in [0.4, 0.5) is 24.4 Å². The Morgan fingerprint density at radius 3 is 2.87 bits per heavy atom. The number of thiazole rings is 1. The number of anilines is 2. The van der Waals surface area contributed by atoms with Gasteiger partial charge in [-0.1, -0.05) is 6.07 Å². The number of carbonyl (C=O) groups is 1. The van der Waals surface area contributed by atoms with E-state index in [4.69, 9.17) is 0 Å². The molecule has 5 nitrogen and oxygen atoms in total. The van der Waals surface area contributed by atoms with Crippen molar-refractivity contribution in [1.29, 1.82) is 0 Å². The van der Waals surface area contributed by atoms with Crippen LogP contribution < -0.4 is 15.5 Å². The number of amides is 2. The molecule has 2 amide bonds. The summed E-state index contributed by atoms with van der Waals surface area (Å²) in [5.41, 5.74) is -0.437. The van der Waals surface area contributed by atoms with E-state index < -0.39 is 23.4 Å². The molecule has 1 aromatic heterocycles. The van der Waals surface area contributed by atoms with Gasteiger partial charge < -0.3 is 15.5 Å². The minimum Gasteiger partial charge on any atom is -0.343 e. The Morgan fingerprint density at radius 2 is 2.17 bits per heavy atom. The number of nitrogens with one attached hydrogen (secondary N) is 2. The summed E-state index contributed by atoms with van der Waals surface area (Å²) in [4.78, 5) is 18.3. The highest BCUT2D eigenvalue weighted by Crippen LogP contribution is 2.26.